The van der Waals surface area contributed by atoms with Crippen LogP contribution in [0.4, 0.5) is 0 Å². The van der Waals surface area contributed by atoms with Crippen LogP contribution < -0.4 is 5.32 Å². The van der Waals surface area contributed by atoms with E-state index >= 15 is 0 Å². The van der Waals surface area contributed by atoms with Gasteiger partial charge in [0, 0.05) is 14.1 Å². The van der Waals surface area contributed by atoms with Crippen molar-refractivity contribution < 1.29 is 9.59 Å². The average molecular weight is 311 g/mol. The smallest absolute Gasteiger partial charge is 0.244 e. The molecule has 0 radical (unpaired) electrons. The van der Waals surface area contributed by atoms with Crippen molar-refractivity contribution in [2.45, 2.75) is 31.7 Å². The predicted molar refractivity (Wildman–Crippen MR) is 85.1 cm³/mol. The lowest BCUT2D eigenvalue weighted by Gasteiger charge is -2.24. The quantitative estimate of drug-likeness (QED) is 0.821. The summed E-state index contributed by atoms with van der Waals surface area (Å²) in [5.41, 5.74) is 0.720. The van der Waals surface area contributed by atoms with E-state index in [2.05, 4.69) is 5.32 Å². The maximum absolute atomic E-state index is 12.2. The number of carbonyl (C=O) groups excluding carboxylic acids is 2. The molecule has 0 spiro atoms. The third-order valence-electron chi connectivity index (χ3n) is 3.08. The summed E-state index contributed by atoms with van der Waals surface area (Å²) in [6, 6.07) is 8.56. The van der Waals surface area contributed by atoms with Crippen LogP contribution in [0.15, 0.2) is 30.3 Å². The highest BCUT2D eigenvalue weighted by Gasteiger charge is 2.26. The Kier molecular flexibility index (Phi) is 6.69. The van der Waals surface area contributed by atoms with Crippen molar-refractivity contribution >= 4 is 23.4 Å². The molecule has 0 aromatic heterocycles. The maximum atomic E-state index is 12.2. The second-order valence-corrected chi connectivity index (χ2v) is 6.13. The number of likely N-dealkylation sites (N-methyl/N-ethyl adjacent to an activating group) is 1. The first-order valence-electron chi connectivity index (χ1n) is 7.03. The Morgan fingerprint density at radius 3 is 2.24 bits per heavy atom. The molecule has 5 heteroatoms. The zero-order valence-corrected chi connectivity index (χ0v) is 13.7. The molecule has 2 atom stereocenters. The van der Waals surface area contributed by atoms with Gasteiger partial charge in [0.15, 0.2) is 0 Å². The Labute approximate surface area is 131 Å². The van der Waals surface area contributed by atoms with Gasteiger partial charge in [-0.1, -0.05) is 44.2 Å². The van der Waals surface area contributed by atoms with E-state index in [1.807, 2.05) is 32.0 Å². The average Bonchev–Trinajstić information content (AvgIpc) is 2.45. The van der Waals surface area contributed by atoms with E-state index < -0.39 is 11.4 Å². The third-order valence-corrected chi connectivity index (χ3v) is 3.54. The number of amides is 2. The van der Waals surface area contributed by atoms with Gasteiger partial charge in [-0.3, -0.25) is 9.59 Å². The van der Waals surface area contributed by atoms with Gasteiger partial charge in [-0.15, -0.1) is 11.6 Å². The minimum absolute atomic E-state index is 0.117. The lowest BCUT2D eigenvalue weighted by atomic mass is 10.0. The molecule has 1 aromatic rings. The van der Waals surface area contributed by atoms with Gasteiger partial charge >= 0.3 is 0 Å². The molecule has 0 bridgehead atoms. The largest absolute Gasteiger partial charge is 0.347 e. The molecule has 0 aliphatic carbocycles. The van der Waals surface area contributed by atoms with E-state index in [0.29, 0.717) is 12.3 Å². The van der Waals surface area contributed by atoms with Gasteiger partial charge in [0.25, 0.3) is 0 Å². The van der Waals surface area contributed by atoms with Gasteiger partial charge in [0.2, 0.25) is 11.8 Å². The number of rotatable bonds is 6. The molecule has 0 aliphatic heterocycles. The number of hydrogen-bond acceptors (Lipinski definition) is 2. The van der Waals surface area contributed by atoms with Crippen LogP contribution in [-0.2, 0) is 9.59 Å². The van der Waals surface area contributed by atoms with Gasteiger partial charge in [-0.2, -0.15) is 0 Å². The second-order valence-electron chi connectivity index (χ2n) is 5.70. The molecular formula is C16H23ClN2O2. The van der Waals surface area contributed by atoms with E-state index in [1.54, 1.807) is 26.2 Å². The summed E-state index contributed by atoms with van der Waals surface area (Å²) in [5, 5.41) is 1.97. The second kappa shape index (κ2) is 8.03. The van der Waals surface area contributed by atoms with Crippen LogP contribution in [0, 0.1) is 5.92 Å². The van der Waals surface area contributed by atoms with Crippen molar-refractivity contribution in [2.24, 2.45) is 5.92 Å². The summed E-state index contributed by atoms with van der Waals surface area (Å²) in [5.74, 6) is -0.164. The number of carbonyl (C=O) groups is 2. The van der Waals surface area contributed by atoms with Gasteiger partial charge < -0.3 is 10.2 Å². The minimum Gasteiger partial charge on any atom is -0.347 e. The number of halogens is 1. The van der Waals surface area contributed by atoms with Crippen LogP contribution in [0.2, 0.25) is 0 Å². The highest BCUT2D eigenvalue weighted by atomic mass is 35.5. The molecule has 4 nitrogen and oxygen atoms in total. The van der Waals surface area contributed by atoms with E-state index in [4.69, 9.17) is 11.6 Å². The van der Waals surface area contributed by atoms with E-state index in [1.165, 1.54) is 4.90 Å². The van der Waals surface area contributed by atoms with Crippen molar-refractivity contribution in [3.63, 3.8) is 0 Å². The Morgan fingerprint density at radius 2 is 1.76 bits per heavy atom. The molecular weight excluding hydrogens is 288 g/mol. The molecule has 0 saturated heterocycles. The standard InChI is InChI=1S/C16H23ClN2O2/c1-11(2)10-13(16(21)19(3)4)18-15(20)14(17)12-8-6-5-7-9-12/h5-9,11,13-14H,10H2,1-4H3,(H,18,20). The van der Waals surface area contributed by atoms with Gasteiger partial charge in [-0.05, 0) is 17.9 Å². The predicted octanol–water partition coefficient (Wildman–Crippen LogP) is 2.59. The van der Waals surface area contributed by atoms with Crippen molar-refractivity contribution in [3.05, 3.63) is 35.9 Å². The number of hydrogen-bond donors (Lipinski definition) is 1. The van der Waals surface area contributed by atoms with Gasteiger partial charge in [-0.25, -0.2) is 0 Å². The monoisotopic (exact) mass is 310 g/mol. The van der Waals surface area contributed by atoms with Crippen LogP contribution in [0.1, 0.15) is 31.2 Å². The minimum atomic E-state index is -0.796. The zero-order chi connectivity index (χ0) is 16.0. The Bertz CT molecular complexity index is 474. The molecule has 0 heterocycles. The molecule has 21 heavy (non-hydrogen) atoms. The van der Waals surface area contributed by atoms with Crippen LogP contribution >= 0.6 is 11.6 Å². The molecule has 0 fully saturated rings. The fourth-order valence-electron chi connectivity index (χ4n) is 2.02. The fourth-order valence-corrected chi connectivity index (χ4v) is 2.23. The van der Waals surface area contributed by atoms with E-state index in [-0.39, 0.29) is 11.8 Å². The van der Waals surface area contributed by atoms with Gasteiger partial charge in [0.1, 0.15) is 11.4 Å². The lowest BCUT2D eigenvalue weighted by Crippen LogP contribution is -2.47. The summed E-state index contributed by atoms with van der Waals surface area (Å²) in [6.45, 7) is 4.02. The Balaban J connectivity index is 2.78. The van der Waals surface area contributed by atoms with E-state index in [9.17, 15) is 9.59 Å². The van der Waals surface area contributed by atoms with Crippen LogP contribution in [-0.4, -0.2) is 36.9 Å². The Hall–Kier alpha value is -1.55. The van der Waals surface area contributed by atoms with Crippen LogP contribution in [0.5, 0.6) is 0 Å². The summed E-state index contributed by atoms with van der Waals surface area (Å²) >= 11 is 6.18. The number of nitrogens with one attached hydrogen (secondary N) is 1. The molecule has 2 amide bonds. The zero-order valence-electron chi connectivity index (χ0n) is 13.0. The normalized spacial score (nSPS) is 13.6. The highest BCUT2D eigenvalue weighted by molar-refractivity contribution is 6.30. The van der Waals surface area contributed by atoms with Crippen molar-refractivity contribution in [2.75, 3.05) is 14.1 Å². The van der Waals surface area contributed by atoms with Crippen molar-refractivity contribution in [1.29, 1.82) is 0 Å². The molecule has 1 N–H and O–H groups in total. The molecule has 0 aliphatic rings. The molecule has 1 aromatic carbocycles. The number of alkyl halides is 1. The maximum Gasteiger partial charge on any atom is 0.244 e. The van der Waals surface area contributed by atoms with Crippen LogP contribution in [0.3, 0.4) is 0 Å². The van der Waals surface area contributed by atoms with Crippen LogP contribution in [0.25, 0.3) is 0 Å². The highest BCUT2D eigenvalue weighted by Crippen LogP contribution is 2.20. The summed E-state index contributed by atoms with van der Waals surface area (Å²) in [6.07, 6.45) is 0.584. The third kappa shape index (κ3) is 5.38. The lowest BCUT2D eigenvalue weighted by molar-refractivity contribution is -0.134. The fraction of sp³-hybridized carbons (Fsp3) is 0.500. The number of nitrogens with zero attached hydrogens (tertiary/aromatic N) is 1. The van der Waals surface area contributed by atoms with Crippen molar-refractivity contribution in [3.8, 4) is 0 Å². The SMILES string of the molecule is CC(C)CC(NC(=O)C(Cl)c1ccccc1)C(=O)N(C)C. The summed E-state index contributed by atoms with van der Waals surface area (Å²) < 4.78 is 0. The molecule has 0 saturated carbocycles. The Morgan fingerprint density at radius 1 is 1.19 bits per heavy atom. The van der Waals surface area contributed by atoms with E-state index in [0.717, 1.165) is 5.56 Å². The first kappa shape index (κ1) is 17.5. The first-order chi connectivity index (χ1) is 9.82. The van der Waals surface area contributed by atoms with Crippen molar-refractivity contribution in [1.82, 2.24) is 10.2 Å². The molecule has 1 rings (SSSR count). The molecule has 2 unspecified atom stereocenters. The summed E-state index contributed by atoms with van der Waals surface area (Å²) in [4.78, 5) is 25.9. The first-order valence-corrected chi connectivity index (χ1v) is 7.47. The molecule has 116 valence electrons. The number of benzene rings is 1. The van der Waals surface area contributed by atoms with Gasteiger partial charge in [0.05, 0.1) is 0 Å². The topological polar surface area (TPSA) is 49.4 Å². The summed E-state index contributed by atoms with van der Waals surface area (Å²) in [7, 11) is 3.36.